The summed E-state index contributed by atoms with van der Waals surface area (Å²) in [6, 6.07) is 7.77. The zero-order valence-electron chi connectivity index (χ0n) is 13.3. The number of hydrogen-bond acceptors (Lipinski definition) is 6. The van der Waals surface area contributed by atoms with E-state index in [9.17, 15) is 19.2 Å². The van der Waals surface area contributed by atoms with Crippen LogP contribution in [0.15, 0.2) is 30.3 Å². The molecule has 2 aliphatic rings. The molecule has 0 radical (unpaired) electrons. The summed E-state index contributed by atoms with van der Waals surface area (Å²) in [6.07, 6.45) is 0.973. The van der Waals surface area contributed by atoms with Crippen molar-refractivity contribution in [3.05, 3.63) is 35.9 Å². The van der Waals surface area contributed by atoms with Gasteiger partial charge in [0.15, 0.2) is 6.61 Å². The van der Waals surface area contributed by atoms with Crippen molar-refractivity contribution in [3.63, 3.8) is 0 Å². The fourth-order valence-corrected chi connectivity index (χ4v) is 4.86. The molecule has 1 aromatic carbocycles. The predicted molar refractivity (Wildman–Crippen MR) is 89.1 cm³/mol. The Hall–Kier alpha value is -2.55. The second-order valence-electron chi connectivity index (χ2n) is 5.76. The molecule has 2 saturated heterocycles. The third-order valence-electron chi connectivity index (χ3n) is 4.23. The number of carbonyl (C=O) groups is 4. The quantitative estimate of drug-likeness (QED) is 0.744. The number of nitrogens with two attached hydrogens (primary N) is 1. The smallest absolute Gasteiger partial charge is 0.330 e. The lowest BCUT2D eigenvalue weighted by atomic mass is 10.0. The van der Waals surface area contributed by atoms with Crippen molar-refractivity contribution >= 4 is 35.6 Å². The van der Waals surface area contributed by atoms with Crippen LogP contribution in [0.3, 0.4) is 0 Å². The highest BCUT2D eigenvalue weighted by Gasteiger charge is 2.57. The van der Waals surface area contributed by atoms with Crippen LogP contribution in [0.2, 0.25) is 0 Å². The first-order valence-electron chi connectivity index (χ1n) is 7.71. The molecule has 0 spiro atoms. The number of benzene rings is 1. The summed E-state index contributed by atoms with van der Waals surface area (Å²) in [6.45, 7) is -0.622. The summed E-state index contributed by atoms with van der Waals surface area (Å²) in [5, 5.41) is 1.81. The largest absolute Gasteiger partial charge is 0.454 e. The maximum atomic E-state index is 12.4. The molecule has 0 bridgehead atoms. The van der Waals surface area contributed by atoms with Gasteiger partial charge < -0.3 is 15.4 Å². The fourth-order valence-electron chi connectivity index (χ4n) is 3.22. The van der Waals surface area contributed by atoms with E-state index in [0.717, 1.165) is 5.56 Å². The number of thioether (sulfide) groups is 1. The number of rotatable bonds is 4. The molecule has 3 N–H and O–H groups in total. The summed E-state index contributed by atoms with van der Waals surface area (Å²) in [5.41, 5.74) is 5.79. The maximum Gasteiger partial charge on any atom is 0.330 e. The van der Waals surface area contributed by atoms with Gasteiger partial charge in [-0.05, 0) is 12.0 Å². The summed E-state index contributed by atoms with van der Waals surface area (Å²) >= 11 is 1.53. The van der Waals surface area contributed by atoms with E-state index in [1.807, 2.05) is 35.6 Å². The Bertz CT molecular complexity index is 726. The van der Waals surface area contributed by atoms with Crippen LogP contribution >= 0.6 is 11.8 Å². The molecule has 3 rings (SSSR count). The summed E-state index contributed by atoms with van der Waals surface area (Å²) in [4.78, 5) is 47.7. The summed E-state index contributed by atoms with van der Waals surface area (Å²) < 4.78 is 4.96. The number of fused-ring (bicyclic) bond motifs is 1. The van der Waals surface area contributed by atoms with Crippen LogP contribution in [-0.4, -0.2) is 47.1 Å². The Morgan fingerprint density at radius 2 is 2.04 bits per heavy atom. The van der Waals surface area contributed by atoms with Crippen molar-refractivity contribution in [2.45, 2.75) is 23.8 Å². The highest BCUT2D eigenvalue weighted by atomic mass is 32.2. The lowest BCUT2D eigenvalue weighted by Gasteiger charge is -2.33. The standard InChI is InChI=1S/C16H17N3O5S/c17-15(23)18-12(20)8-24-14(22)11-9-25-16(7-6-13(21)19(11)16)10-4-2-1-3-5-10/h1-5,11H,6-9H2,(H3,17,18,20,23)/t11-,16+/m0/s1. The highest BCUT2D eigenvalue weighted by Crippen LogP contribution is 2.54. The van der Waals surface area contributed by atoms with E-state index in [1.165, 1.54) is 11.8 Å². The van der Waals surface area contributed by atoms with Gasteiger partial charge in [-0.3, -0.25) is 14.9 Å². The number of nitrogens with one attached hydrogen (secondary N) is 1. The van der Waals surface area contributed by atoms with Crippen LogP contribution in [0, 0.1) is 0 Å². The van der Waals surface area contributed by atoms with Gasteiger partial charge in [0, 0.05) is 12.2 Å². The number of nitrogens with zero attached hydrogens (tertiary/aromatic N) is 1. The van der Waals surface area contributed by atoms with E-state index in [4.69, 9.17) is 10.5 Å². The molecule has 0 unspecified atom stereocenters. The average molecular weight is 363 g/mol. The number of esters is 1. The number of imide groups is 1. The molecule has 0 aliphatic carbocycles. The fraction of sp³-hybridized carbons (Fsp3) is 0.375. The topological polar surface area (TPSA) is 119 Å². The molecule has 0 saturated carbocycles. The third-order valence-corrected chi connectivity index (χ3v) is 5.83. The minimum Gasteiger partial charge on any atom is -0.454 e. The first-order chi connectivity index (χ1) is 11.9. The summed E-state index contributed by atoms with van der Waals surface area (Å²) in [7, 11) is 0. The highest BCUT2D eigenvalue weighted by molar-refractivity contribution is 8.00. The van der Waals surface area contributed by atoms with Gasteiger partial charge in [-0.1, -0.05) is 30.3 Å². The maximum absolute atomic E-state index is 12.4. The van der Waals surface area contributed by atoms with Crippen molar-refractivity contribution in [2.75, 3.05) is 12.4 Å². The van der Waals surface area contributed by atoms with Crippen LogP contribution < -0.4 is 11.1 Å². The Morgan fingerprint density at radius 3 is 2.72 bits per heavy atom. The van der Waals surface area contributed by atoms with E-state index in [0.29, 0.717) is 18.6 Å². The molecule has 25 heavy (non-hydrogen) atoms. The zero-order chi connectivity index (χ0) is 18.0. The lowest BCUT2D eigenvalue weighted by molar-refractivity contribution is -0.156. The Labute approximate surface area is 148 Å². The van der Waals surface area contributed by atoms with Gasteiger partial charge in [-0.15, -0.1) is 11.8 Å². The normalized spacial score (nSPS) is 24.7. The molecule has 2 fully saturated rings. The number of urea groups is 1. The van der Waals surface area contributed by atoms with E-state index in [1.54, 1.807) is 4.90 Å². The third kappa shape index (κ3) is 3.19. The van der Waals surface area contributed by atoms with Crippen molar-refractivity contribution in [3.8, 4) is 0 Å². The van der Waals surface area contributed by atoms with E-state index in [2.05, 4.69) is 0 Å². The SMILES string of the molecule is NC(=O)NC(=O)COC(=O)[C@@H]1CS[C@@]2(c3ccccc3)CCC(=O)N12. The molecule has 2 aliphatic heterocycles. The second-order valence-corrected chi connectivity index (χ2v) is 7.06. The lowest BCUT2D eigenvalue weighted by Crippen LogP contribution is -2.47. The molecular formula is C16H17N3O5S. The van der Waals surface area contributed by atoms with Gasteiger partial charge in [0.25, 0.3) is 5.91 Å². The van der Waals surface area contributed by atoms with Gasteiger partial charge >= 0.3 is 12.0 Å². The molecule has 4 amide bonds. The first kappa shape index (κ1) is 17.3. The van der Waals surface area contributed by atoms with E-state index < -0.39 is 35.4 Å². The average Bonchev–Trinajstić information content (AvgIpc) is 3.13. The first-order valence-corrected chi connectivity index (χ1v) is 8.70. The number of carbonyl (C=O) groups excluding carboxylic acids is 4. The van der Waals surface area contributed by atoms with Crippen LogP contribution in [0.25, 0.3) is 0 Å². The number of primary amides is 1. The van der Waals surface area contributed by atoms with Gasteiger partial charge in [-0.25, -0.2) is 9.59 Å². The van der Waals surface area contributed by atoms with Crippen LogP contribution in [0.5, 0.6) is 0 Å². The van der Waals surface area contributed by atoms with Crippen molar-refractivity contribution < 1.29 is 23.9 Å². The molecule has 132 valence electrons. The van der Waals surface area contributed by atoms with E-state index >= 15 is 0 Å². The Kier molecular flexibility index (Phi) is 4.67. The Balaban J connectivity index is 1.74. The van der Waals surface area contributed by atoms with Crippen molar-refractivity contribution in [1.82, 2.24) is 10.2 Å². The number of ether oxygens (including phenoxy) is 1. The number of amides is 4. The van der Waals surface area contributed by atoms with Crippen molar-refractivity contribution in [1.29, 1.82) is 0 Å². The second kappa shape index (κ2) is 6.75. The molecule has 0 aromatic heterocycles. The monoisotopic (exact) mass is 363 g/mol. The van der Waals surface area contributed by atoms with Crippen molar-refractivity contribution in [2.24, 2.45) is 5.73 Å². The minimum atomic E-state index is -1.02. The molecule has 1 aromatic rings. The zero-order valence-corrected chi connectivity index (χ0v) is 14.1. The molecule has 8 nitrogen and oxygen atoms in total. The van der Waals surface area contributed by atoms with Gasteiger partial charge in [0.05, 0.1) is 0 Å². The number of hydrogen-bond donors (Lipinski definition) is 2. The van der Waals surface area contributed by atoms with Crippen LogP contribution in [0.4, 0.5) is 4.79 Å². The minimum absolute atomic E-state index is 0.114. The van der Waals surface area contributed by atoms with E-state index in [-0.39, 0.29) is 5.91 Å². The molecule has 2 heterocycles. The van der Waals surface area contributed by atoms with Crippen LogP contribution in [0.1, 0.15) is 18.4 Å². The predicted octanol–water partition coefficient (Wildman–Crippen LogP) is 0.315. The summed E-state index contributed by atoms with van der Waals surface area (Å²) in [5.74, 6) is -1.21. The Morgan fingerprint density at radius 1 is 1.32 bits per heavy atom. The van der Waals surface area contributed by atoms with Gasteiger partial charge in [0.1, 0.15) is 10.9 Å². The van der Waals surface area contributed by atoms with Gasteiger partial charge in [0.2, 0.25) is 5.91 Å². The molecular weight excluding hydrogens is 346 g/mol. The van der Waals surface area contributed by atoms with Gasteiger partial charge in [-0.2, -0.15) is 0 Å². The van der Waals surface area contributed by atoms with Crippen LogP contribution in [-0.2, 0) is 24.0 Å². The molecule has 2 atom stereocenters. The molecule has 9 heteroatoms.